The van der Waals surface area contributed by atoms with Crippen LogP contribution in [0.3, 0.4) is 0 Å². The number of hydrogen-bond acceptors (Lipinski definition) is 9. The number of methoxy groups -OCH3 is 2. The third kappa shape index (κ3) is 7.66. The first-order valence-electron chi connectivity index (χ1n) is 22.5. The minimum atomic E-state index is -0.650. The summed E-state index contributed by atoms with van der Waals surface area (Å²) in [5.74, 6) is -0.278. The first-order valence-corrected chi connectivity index (χ1v) is 22.5. The van der Waals surface area contributed by atoms with Crippen LogP contribution < -0.4 is 9.47 Å². The molecule has 0 aromatic heterocycles. The highest BCUT2D eigenvalue weighted by molar-refractivity contribution is 5.98. The molecule has 9 nitrogen and oxygen atoms in total. The predicted octanol–water partition coefficient (Wildman–Crippen LogP) is 10.7. The number of phenolic OH excluding ortho intramolecular Hbond substituents is 3. The molecule has 0 aliphatic heterocycles. The van der Waals surface area contributed by atoms with Crippen molar-refractivity contribution >= 4 is 33.5 Å². The van der Waals surface area contributed by atoms with E-state index in [-0.39, 0.29) is 47.8 Å². The summed E-state index contributed by atoms with van der Waals surface area (Å²) in [5.41, 5.74) is 7.15. The van der Waals surface area contributed by atoms with Gasteiger partial charge in [0.1, 0.15) is 18.0 Å². The van der Waals surface area contributed by atoms with Crippen molar-refractivity contribution < 1.29 is 43.9 Å². The van der Waals surface area contributed by atoms with Crippen molar-refractivity contribution in [1.82, 2.24) is 0 Å². The number of esters is 2. The fourth-order valence-corrected chi connectivity index (χ4v) is 11.9. The number of aryl methyl sites for hydroxylation is 1. The molecule has 10 rings (SSSR count). The second-order valence-electron chi connectivity index (χ2n) is 18.2. The van der Waals surface area contributed by atoms with E-state index in [1.54, 1.807) is 26.4 Å². The first kappa shape index (κ1) is 42.0. The number of rotatable bonds is 8. The standard InChI is InChI=1S/C56H52O9/c1-32(57)64-52-29-43(65-55(61)20-33-13-14-37-22-42(58)27-45(44(37)19-33)35-10-5-4-6-11-35)28-47-46-30-54(63-3)50(59)24-38(46)16-18-48(47)56(41-17-15-34-9-7-8-12-36(34)21-41)31-40-25-51(60)53(62-2)26-39(40)23-49(52)56/h4-15,17,19,21-22,24-27,30,43,47-49,52,58-60H,16,18,20,23,28-29,31H2,1-3H3/t43-,47-,48-,49+,52+,56-/m0/s1. The molecule has 0 bridgehead atoms. The lowest BCUT2D eigenvalue weighted by molar-refractivity contribution is -0.162. The summed E-state index contributed by atoms with van der Waals surface area (Å²) in [6, 6.07) is 41.7. The molecular weight excluding hydrogens is 817 g/mol. The number of carbonyl (C=O) groups excluding carboxylic acids is 2. The summed E-state index contributed by atoms with van der Waals surface area (Å²) in [7, 11) is 3.10. The van der Waals surface area contributed by atoms with Crippen molar-refractivity contribution in [2.75, 3.05) is 14.2 Å². The average molecular weight is 869 g/mol. The molecule has 0 unspecified atom stereocenters. The van der Waals surface area contributed by atoms with Crippen LogP contribution in [-0.2, 0) is 50.2 Å². The number of benzene rings is 7. The Balaban J connectivity index is 1.10. The van der Waals surface area contributed by atoms with Crippen LogP contribution in [0.4, 0.5) is 0 Å². The van der Waals surface area contributed by atoms with Gasteiger partial charge in [0.15, 0.2) is 23.0 Å². The Labute approximate surface area is 378 Å². The minimum Gasteiger partial charge on any atom is -0.508 e. The molecule has 330 valence electrons. The Morgan fingerprint density at radius 2 is 1.40 bits per heavy atom. The third-order valence-electron chi connectivity index (χ3n) is 14.6. The summed E-state index contributed by atoms with van der Waals surface area (Å²) < 4.78 is 24.5. The molecule has 0 amide bonds. The van der Waals surface area contributed by atoms with Gasteiger partial charge >= 0.3 is 11.9 Å². The van der Waals surface area contributed by atoms with Crippen LogP contribution in [0, 0.1) is 11.8 Å². The second kappa shape index (κ2) is 16.8. The van der Waals surface area contributed by atoms with Crippen molar-refractivity contribution in [3.8, 4) is 39.9 Å². The Kier molecular flexibility index (Phi) is 10.9. The maximum absolute atomic E-state index is 14.4. The van der Waals surface area contributed by atoms with E-state index in [2.05, 4.69) is 30.3 Å². The zero-order valence-electron chi connectivity index (χ0n) is 36.8. The molecule has 7 aromatic carbocycles. The SMILES string of the molecule is COc1cc2c(cc1O)C[C@@]1(c3ccc4ccccc4c3)[C@H](C2)[C@H](OC(C)=O)C[C@@H](OC(=O)Cc2ccc3cc(O)cc(-c4ccccc4)c3c2)C[C@H]2c3cc(OC)c(O)cc3CC[C@@H]21. The van der Waals surface area contributed by atoms with Gasteiger partial charge < -0.3 is 34.3 Å². The van der Waals surface area contributed by atoms with Gasteiger partial charge in [-0.15, -0.1) is 0 Å². The predicted molar refractivity (Wildman–Crippen MR) is 250 cm³/mol. The van der Waals surface area contributed by atoms with E-state index in [0.717, 1.165) is 72.5 Å². The van der Waals surface area contributed by atoms with Crippen LogP contribution in [0.1, 0.15) is 65.5 Å². The summed E-state index contributed by atoms with van der Waals surface area (Å²) in [4.78, 5) is 27.7. The van der Waals surface area contributed by atoms with Gasteiger partial charge in [-0.3, -0.25) is 9.59 Å². The van der Waals surface area contributed by atoms with Crippen LogP contribution in [0.5, 0.6) is 28.7 Å². The molecule has 9 heteroatoms. The molecule has 3 aliphatic rings. The molecule has 0 heterocycles. The molecule has 1 fully saturated rings. The van der Waals surface area contributed by atoms with Crippen LogP contribution in [0.15, 0.2) is 127 Å². The molecule has 3 N–H and O–H groups in total. The largest absolute Gasteiger partial charge is 0.508 e. The minimum absolute atomic E-state index is 0.00722. The number of carbonyl (C=O) groups is 2. The van der Waals surface area contributed by atoms with Crippen molar-refractivity contribution in [3.63, 3.8) is 0 Å². The molecule has 0 spiro atoms. The highest BCUT2D eigenvalue weighted by Crippen LogP contribution is 2.60. The van der Waals surface area contributed by atoms with E-state index in [9.17, 15) is 24.9 Å². The van der Waals surface area contributed by atoms with Gasteiger partial charge in [-0.25, -0.2) is 0 Å². The Hall–Kier alpha value is -7.00. The zero-order valence-corrected chi connectivity index (χ0v) is 36.8. The van der Waals surface area contributed by atoms with E-state index < -0.39 is 29.6 Å². The maximum Gasteiger partial charge on any atom is 0.310 e. The lowest BCUT2D eigenvalue weighted by Crippen LogP contribution is -2.57. The summed E-state index contributed by atoms with van der Waals surface area (Å²) in [5, 5.41) is 36.9. The summed E-state index contributed by atoms with van der Waals surface area (Å²) in [6.45, 7) is 1.44. The zero-order chi connectivity index (χ0) is 45.0. The summed E-state index contributed by atoms with van der Waals surface area (Å²) in [6.07, 6.45) is 1.91. The Morgan fingerprint density at radius 3 is 2.17 bits per heavy atom. The monoisotopic (exact) mass is 868 g/mol. The Morgan fingerprint density at radius 1 is 0.677 bits per heavy atom. The lowest BCUT2D eigenvalue weighted by atomic mass is 9.47. The quantitative estimate of drug-likeness (QED) is 0.128. The van der Waals surface area contributed by atoms with Crippen molar-refractivity contribution in [2.24, 2.45) is 11.8 Å². The number of hydrogen-bond donors (Lipinski definition) is 3. The van der Waals surface area contributed by atoms with Gasteiger partial charge in [-0.1, -0.05) is 84.9 Å². The smallest absolute Gasteiger partial charge is 0.310 e. The lowest BCUT2D eigenvalue weighted by Gasteiger charge is -2.57. The number of fused-ring (bicyclic) bond motifs is 8. The van der Waals surface area contributed by atoms with Crippen molar-refractivity contribution in [1.29, 1.82) is 0 Å². The van der Waals surface area contributed by atoms with Gasteiger partial charge in [-0.2, -0.15) is 0 Å². The van der Waals surface area contributed by atoms with E-state index in [0.29, 0.717) is 37.2 Å². The first-order chi connectivity index (χ1) is 31.5. The molecule has 0 radical (unpaired) electrons. The third-order valence-corrected chi connectivity index (χ3v) is 14.6. The molecule has 6 atom stereocenters. The van der Waals surface area contributed by atoms with Crippen LogP contribution >= 0.6 is 0 Å². The second-order valence-corrected chi connectivity index (χ2v) is 18.2. The summed E-state index contributed by atoms with van der Waals surface area (Å²) >= 11 is 0. The highest BCUT2D eigenvalue weighted by Gasteiger charge is 2.58. The van der Waals surface area contributed by atoms with E-state index in [4.69, 9.17) is 18.9 Å². The van der Waals surface area contributed by atoms with Gasteiger partial charge in [0, 0.05) is 24.7 Å². The topological polar surface area (TPSA) is 132 Å². The molecule has 65 heavy (non-hydrogen) atoms. The number of aromatic hydroxyl groups is 3. The molecule has 3 aliphatic carbocycles. The normalized spacial score (nSPS) is 22.3. The van der Waals surface area contributed by atoms with Crippen molar-refractivity contribution in [3.05, 3.63) is 161 Å². The van der Waals surface area contributed by atoms with Gasteiger partial charge in [0.2, 0.25) is 0 Å². The van der Waals surface area contributed by atoms with Gasteiger partial charge in [-0.05, 0) is 152 Å². The fraction of sp³-hybridized carbons (Fsp3) is 0.286. The van der Waals surface area contributed by atoms with E-state index >= 15 is 0 Å². The maximum atomic E-state index is 14.4. The molecule has 7 aromatic rings. The van der Waals surface area contributed by atoms with Gasteiger partial charge in [0.25, 0.3) is 0 Å². The van der Waals surface area contributed by atoms with Crippen LogP contribution in [0.25, 0.3) is 32.7 Å². The van der Waals surface area contributed by atoms with E-state index in [1.807, 2.05) is 84.9 Å². The van der Waals surface area contributed by atoms with Crippen LogP contribution in [0.2, 0.25) is 0 Å². The molecule has 1 saturated carbocycles. The van der Waals surface area contributed by atoms with Crippen molar-refractivity contribution in [2.45, 2.75) is 75.4 Å². The average Bonchev–Trinajstić information content (AvgIpc) is 3.30. The number of ether oxygens (including phenoxy) is 4. The fourth-order valence-electron chi connectivity index (χ4n) is 11.9. The number of phenols is 3. The van der Waals surface area contributed by atoms with Crippen LogP contribution in [-0.4, -0.2) is 53.7 Å². The van der Waals surface area contributed by atoms with Gasteiger partial charge in [0.05, 0.1) is 20.6 Å². The highest BCUT2D eigenvalue weighted by atomic mass is 16.6. The molecule has 0 saturated heterocycles. The van der Waals surface area contributed by atoms with E-state index in [1.165, 1.54) is 6.92 Å². The Bertz CT molecular complexity index is 2980. The molecular formula is C56H52O9.